The molecule has 0 aliphatic carbocycles. The molecule has 2 saturated heterocycles. The molecule has 1 N–H and O–H groups in total. The standard InChI is InChI=1S/C27H25ClFN3O5S/c1-38(2,34)32-19-8-7-16(9-18(19)29)14-3-5-15(6-4-14)25-17(28)10-20-21(31-25)11-24(30-20)37-23-13-36-26-22(33)12-35-27(23)26/h3-10,22-23,26-27,33H,11-13H2,1-2H3/t22-,23-,26-,27-/m1/s1. The molecule has 4 heterocycles. The third-order valence-corrected chi connectivity index (χ3v) is 7.55. The average molecular weight is 558 g/mol. The van der Waals surface area contributed by atoms with Gasteiger partial charge in [0.15, 0.2) is 12.0 Å². The monoisotopic (exact) mass is 557 g/mol. The summed E-state index contributed by atoms with van der Waals surface area (Å²) in [6.07, 6.45) is 1.67. The van der Waals surface area contributed by atoms with Gasteiger partial charge in [-0.05, 0) is 29.3 Å². The van der Waals surface area contributed by atoms with Crippen molar-refractivity contribution in [3.63, 3.8) is 0 Å². The minimum Gasteiger partial charge on any atom is -0.472 e. The lowest BCUT2D eigenvalue weighted by Crippen LogP contribution is -2.34. The molecule has 0 saturated carbocycles. The zero-order valence-corrected chi connectivity index (χ0v) is 22.2. The van der Waals surface area contributed by atoms with E-state index in [-0.39, 0.29) is 30.6 Å². The van der Waals surface area contributed by atoms with Gasteiger partial charge in [0.05, 0.1) is 41.7 Å². The van der Waals surface area contributed by atoms with Gasteiger partial charge in [-0.25, -0.2) is 18.6 Å². The zero-order chi connectivity index (χ0) is 26.6. The molecule has 198 valence electrons. The second kappa shape index (κ2) is 9.69. The molecule has 3 aliphatic rings. The first-order valence-corrected chi connectivity index (χ1v) is 14.8. The highest BCUT2D eigenvalue weighted by Crippen LogP contribution is 2.37. The highest BCUT2D eigenvalue weighted by atomic mass is 35.5. The zero-order valence-electron chi connectivity index (χ0n) is 20.6. The van der Waals surface area contributed by atoms with Crippen molar-refractivity contribution in [2.75, 3.05) is 25.7 Å². The van der Waals surface area contributed by atoms with Crippen LogP contribution in [0.5, 0.6) is 0 Å². The minimum absolute atomic E-state index is 0.0775. The van der Waals surface area contributed by atoms with Crippen molar-refractivity contribution < 1.29 is 27.9 Å². The molecule has 11 heteroatoms. The third-order valence-electron chi connectivity index (χ3n) is 6.62. The van der Waals surface area contributed by atoms with Gasteiger partial charge in [0.2, 0.25) is 0 Å². The molecule has 2 aromatic carbocycles. The van der Waals surface area contributed by atoms with Crippen LogP contribution in [-0.2, 0) is 30.4 Å². The van der Waals surface area contributed by atoms with Crippen molar-refractivity contribution in [2.24, 2.45) is 9.36 Å². The highest BCUT2D eigenvalue weighted by molar-refractivity contribution is 7.92. The molecule has 3 aliphatic heterocycles. The first-order chi connectivity index (χ1) is 18.1. The van der Waals surface area contributed by atoms with Crippen molar-refractivity contribution in [2.45, 2.75) is 30.8 Å². The number of nitrogens with zero attached hydrogens (tertiary/aromatic N) is 3. The van der Waals surface area contributed by atoms with Crippen LogP contribution < -0.4 is 0 Å². The van der Waals surface area contributed by atoms with E-state index < -0.39 is 21.7 Å². The van der Waals surface area contributed by atoms with E-state index in [0.717, 1.165) is 16.8 Å². The van der Waals surface area contributed by atoms with Crippen molar-refractivity contribution in [3.8, 4) is 22.4 Å². The lowest BCUT2D eigenvalue weighted by molar-refractivity contribution is 0.00558. The van der Waals surface area contributed by atoms with Crippen LogP contribution in [0.4, 0.5) is 15.8 Å². The van der Waals surface area contributed by atoms with E-state index in [2.05, 4.69) is 9.36 Å². The van der Waals surface area contributed by atoms with Crippen LogP contribution >= 0.6 is 11.6 Å². The summed E-state index contributed by atoms with van der Waals surface area (Å²) >= 11 is 6.57. The Morgan fingerprint density at radius 3 is 2.50 bits per heavy atom. The van der Waals surface area contributed by atoms with Crippen LogP contribution in [0.3, 0.4) is 0 Å². The highest BCUT2D eigenvalue weighted by Gasteiger charge is 2.49. The summed E-state index contributed by atoms with van der Waals surface area (Å²) in [5.74, 6) is -0.0193. The maximum absolute atomic E-state index is 14.5. The van der Waals surface area contributed by atoms with Crippen molar-refractivity contribution >= 4 is 38.6 Å². The molecular weight excluding hydrogens is 533 g/mol. The van der Waals surface area contributed by atoms with Crippen molar-refractivity contribution in [1.82, 2.24) is 4.98 Å². The summed E-state index contributed by atoms with van der Waals surface area (Å²) < 4.78 is 47.7. The number of pyridine rings is 1. The van der Waals surface area contributed by atoms with E-state index in [9.17, 15) is 13.7 Å². The smallest absolute Gasteiger partial charge is 0.195 e. The maximum Gasteiger partial charge on any atom is 0.195 e. The van der Waals surface area contributed by atoms with Gasteiger partial charge in [-0.1, -0.05) is 41.9 Å². The van der Waals surface area contributed by atoms with E-state index in [1.54, 1.807) is 12.1 Å². The number of hydrogen-bond acceptors (Lipinski definition) is 8. The number of rotatable bonds is 4. The average Bonchev–Trinajstić information content (AvgIpc) is 3.56. The summed E-state index contributed by atoms with van der Waals surface area (Å²) in [6.45, 7) is 0.560. The van der Waals surface area contributed by atoms with Crippen LogP contribution in [0.25, 0.3) is 22.4 Å². The molecule has 0 unspecified atom stereocenters. The van der Waals surface area contributed by atoms with Gasteiger partial charge in [0.25, 0.3) is 0 Å². The normalized spacial score (nSPS) is 24.2. The Bertz CT molecular complexity index is 1560. The Labute approximate surface area is 224 Å². The van der Waals surface area contributed by atoms with Gasteiger partial charge in [0, 0.05) is 27.8 Å². The summed E-state index contributed by atoms with van der Waals surface area (Å²) in [5.41, 5.74) is 4.37. The summed E-state index contributed by atoms with van der Waals surface area (Å²) in [5, 5.41) is 10.4. The molecular formula is C27H25ClFN3O5S. The molecule has 0 amide bonds. The maximum atomic E-state index is 14.5. The number of fused-ring (bicyclic) bond motifs is 2. The van der Waals surface area contributed by atoms with Gasteiger partial charge < -0.3 is 19.3 Å². The van der Waals surface area contributed by atoms with E-state index >= 15 is 0 Å². The Kier molecular flexibility index (Phi) is 6.48. The number of aromatic nitrogens is 1. The molecule has 1 aromatic heterocycles. The second-order valence-electron chi connectivity index (χ2n) is 9.80. The Hall–Kier alpha value is -2.89. The fourth-order valence-electron chi connectivity index (χ4n) is 4.87. The number of halogens is 2. The number of benzene rings is 2. The largest absolute Gasteiger partial charge is 0.472 e. The fraction of sp³-hybridized carbons (Fsp3) is 0.333. The third kappa shape index (κ3) is 4.94. The molecule has 0 radical (unpaired) electrons. The SMILES string of the molecule is CS(C)(=O)=Nc1ccc(-c2ccc(-c3nc4c(cc3Cl)N=C(O[C@@H]3CO[C@H]5[C@@H]3OC[C@H]5O)C4)cc2)cc1F. The van der Waals surface area contributed by atoms with E-state index in [4.69, 9.17) is 30.8 Å². The van der Waals surface area contributed by atoms with Gasteiger partial charge in [-0.15, -0.1) is 0 Å². The van der Waals surface area contributed by atoms with Crippen LogP contribution in [0.15, 0.2) is 57.9 Å². The van der Waals surface area contributed by atoms with E-state index in [0.29, 0.717) is 40.9 Å². The molecule has 6 rings (SSSR count). The van der Waals surface area contributed by atoms with Crippen molar-refractivity contribution in [1.29, 1.82) is 0 Å². The predicted octanol–water partition coefficient (Wildman–Crippen LogP) is 4.70. The Morgan fingerprint density at radius 2 is 1.76 bits per heavy atom. The number of aliphatic hydroxyl groups excluding tert-OH is 1. The summed E-state index contributed by atoms with van der Waals surface area (Å²) in [4.78, 5) is 9.31. The molecule has 0 bridgehead atoms. The van der Waals surface area contributed by atoms with Gasteiger partial charge in [0.1, 0.15) is 29.8 Å². The fourth-order valence-corrected chi connectivity index (χ4v) is 5.75. The molecule has 3 aromatic rings. The van der Waals surface area contributed by atoms with E-state index in [1.165, 1.54) is 24.6 Å². The van der Waals surface area contributed by atoms with Gasteiger partial charge in [-0.3, -0.25) is 0 Å². The second-order valence-corrected chi connectivity index (χ2v) is 12.8. The van der Waals surface area contributed by atoms with Crippen molar-refractivity contribution in [3.05, 3.63) is 65.1 Å². The summed E-state index contributed by atoms with van der Waals surface area (Å²) in [7, 11) is -2.46. The molecule has 8 nitrogen and oxygen atoms in total. The Morgan fingerprint density at radius 1 is 1.05 bits per heavy atom. The number of aliphatic imine (C=N–C) groups is 1. The van der Waals surface area contributed by atoms with Crippen LogP contribution in [0.2, 0.25) is 5.02 Å². The van der Waals surface area contributed by atoms with Gasteiger partial charge in [-0.2, -0.15) is 4.36 Å². The predicted molar refractivity (Wildman–Crippen MR) is 143 cm³/mol. The first kappa shape index (κ1) is 25.4. The van der Waals surface area contributed by atoms with Crippen LogP contribution in [0, 0.1) is 5.82 Å². The minimum atomic E-state index is -2.46. The lowest BCUT2D eigenvalue weighted by atomic mass is 10.0. The van der Waals surface area contributed by atoms with Gasteiger partial charge >= 0.3 is 0 Å². The quantitative estimate of drug-likeness (QED) is 0.499. The number of hydrogen-bond donors (Lipinski definition) is 1. The molecule has 0 spiro atoms. The number of ether oxygens (including phenoxy) is 3. The lowest BCUT2D eigenvalue weighted by Gasteiger charge is -2.17. The van der Waals surface area contributed by atoms with Crippen LogP contribution in [0.1, 0.15) is 5.69 Å². The number of aliphatic hydroxyl groups is 1. The topological polar surface area (TPSA) is 103 Å². The molecule has 4 atom stereocenters. The Balaban J connectivity index is 1.18. The summed E-state index contributed by atoms with van der Waals surface area (Å²) in [6, 6.07) is 13.9. The van der Waals surface area contributed by atoms with Crippen LogP contribution in [-0.4, -0.2) is 70.3 Å². The molecule has 2 fully saturated rings. The van der Waals surface area contributed by atoms with E-state index in [1.807, 2.05) is 24.3 Å². The molecule has 38 heavy (non-hydrogen) atoms. The first-order valence-electron chi connectivity index (χ1n) is 12.1.